The van der Waals surface area contributed by atoms with E-state index in [1.807, 2.05) is 4.90 Å². The number of halogens is 8. The zero-order valence-corrected chi connectivity index (χ0v) is 32.0. The van der Waals surface area contributed by atoms with Gasteiger partial charge in [0.05, 0.1) is 44.3 Å². The molecule has 1 amide bonds. The van der Waals surface area contributed by atoms with Gasteiger partial charge in [0.1, 0.15) is 47.1 Å². The lowest BCUT2D eigenvalue weighted by atomic mass is 9.95. The first-order valence-corrected chi connectivity index (χ1v) is 19.3. The van der Waals surface area contributed by atoms with Crippen LogP contribution in [0.1, 0.15) is 52.9 Å². The van der Waals surface area contributed by atoms with Gasteiger partial charge in [-0.05, 0) is 64.6 Å². The summed E-state index contributed by atoms with van der Waals surface area (Å²) in [7, 11) is 0. The third kappa shape index (κ3) is 6.48. The molecule has 5 heterocycles. The van der Waals surface area contributed by atoms with Crippen LogP contribution in [-0.4, -0.2) is 90.0 Å². The van der Waals surface area contributed by atoms with Crippen LogP contribution in [0.25, 0.3) is 32.1 Å². The summed E-state index contributed by atoms with van der Waals surface area (Å²) in [5.41, 5.74) is 2.10. The first-order valence-electron chi connectivity index (χ1n) is 18.1. The van der Waals surface area contributed by atoms with Crippen LogP contribution in [0.3, 0.4) is 0 Å². The summed E-state index contributed by atoms with van der Waals surface area (Å²) in [5, 5.41) is 1.82. The number of nitrogens with zero attached hydrogens (tertiary/aromatic N) is 4. The largest absolute Gasteiger partial charge is 0.489 e. The monoisotopic (exact) mass is 830 g/mol. The van der Waals surface area contributed by atoms with Crippen molar-refractivity contribution < 1.29 is 49.7 Å². The summed E-state index contributed by atoms with van der Waals surface area (Å²) in [5.74, 6) is -2.50. The van der Waals surface area contributed by atoms with Crippen molar-refractivity contribution in [3.05, 3.63) is 28.8 Å². The Kier molecular flexibility index (Phi) is 9.58. The van der Waals surface area contributed by atoms with Gasteiger partial charge in [0.25, 0.3) is 6.43 Å². The van der Waals surface area contributed by atoms with E-state index in [-0.39, 0.29) is 81.3 Å². The summed E-state index contributed by atoms with van der Waals surface area (Å²) in [6.07, 6.45) is -6.37. The number of amides is 1. The fourth-order valence-corrected chi connectivity index (χ4v) is 9.87. The van der Waals surface area contributed by atoms with E-state index >= 15 is 8.78 Å². The van der Waals surface area contributed by atoms with Gasteiger partial charge in [-0.2, -0.15) is 9.97 Å². The van der Waals surface area contributed by atoms with E-state index in [9.17, 15) is 26.7 Å². The number of nitrogen functional groups attached to an aromatic ring is 1. The van der Waals surface area contributed by atoms with Crippen molar-refractivity contribution in [3.8, 4) is 22.9 Å². The minimum Gasteiger partial charge on any atom is -0.489 e. The molecule has 0 radical (unpaired) electrons. The Bertz CT molecular complexity index is 2240. The minimum atomic E-state index is -3.04. The van der Waals surface area contributed by atoms with Gasteiger partial charge < -0.3 is 24.8 Å². The normalized spacial score (nSPS) is 23.2. The Balaban J connectivity index is 1.32. The second kappa shape index (κ2) is 13.8. The molecule has 2 aromatic carbocycles. The number of anilines is 3. The van der Waals surface area contributed by atoms with Gasteiger partial charge in [-0.25, -0.2) is 35.5 Å². The first kappa shape index (κ1) is 38.8. The predicted molar refractivity (Wildman–Crippen MR) is 198 cm³/mol. The van der Waals surface area contributed by atoms with E-state index in [4.69, 9.17) is 31.5 Å². The Hall–Kier alpha value is -4.03. The molecule has 3 aliphatic heterocycles. The Morgan fingerprint density at radius 2 is 1.91 bits per heavy atom. The SMILES string of the molecule is CC(C)(C)OC(=O)Nc1sc2c(F)ccc(-c3c(Cl)c4c5c(nc(OC[C@@]67CCCN6C[C@H](F)C7)nc5c3F)N(CC(F)F)C(C3(C(F)F)CC3)CO4)c2c1N. The summed E-state index contributed by atoms with van der Waals surface area (Å²) < 4.78 is 123. The van der Waals surface area contributed by atoms with E-state index in [0.29, 0.717) is 13.0 Å². The maximum absolute atomic E-state index is 17.4. The summed E-state index contributed by atoms with van der Waals surface area (Å²) in [4.78, 5) is 24.5. The molecule has 0 spiro atoms. The highest BCUT2D eigenvalue weighted by molar-refractivity contribution is 7.24. The number of alkyl halides is 5. The van der Waals surface area contributed by atoms with Gasteiger partial charge >= 0.3 is 12.1 Å². The molecule has 3 atom stereocenters. The van der Waals surface area contributed by atoms with Crippen molar-refractivity contribution in [3.63, 3.8) is 0 Å². The summed E-state index contributed by atoms with van der Waals surface area (Å²) in [6.45, 7) is 4.06. The van der Waals surface area contributed by atoms with Gasteiger partial charge in [-0.1, -0.05) is 17.7 Å². The van der Waals surface area contributed by atoms with Gasteiger partial charge in [0.2, 0.25) is 6.43 Å². The van der Waals surface area contributed by atoms with Gasteiger partial charge in [-0.3, -0.25) is 10.2 Å². The lowest BCUT2D eigenvalue weighted by molar-refractivity contribution is 0.0297. The number of rotatable bonds is 9. The molecule has 3 N–H and O–H groups in total. The number of carbonyl (C=O) groups is 1. The van der Waals surface area contributed by atoms with Crippen LogP contribution in [0, 0.1) is 17.0 Å². The standard InChI is InChI=1S/C37H38ClF7N6O4S/c1-35(2,3)55-34(52)49-31-26(46)22-17(5-6-18(40)29(22)56-31)21-24(38)28-23-27(25(21)43)47-33(54-15-36-7-4-10-50(36)12-16(39)11-36)48-30(23)51(13-20(41)42)19(14-53-28)37(8-9-37)32(44)45/h5-6,16,19-20,32H,4,7-15,46H2,1-3H3,(H,49,52)/t16-,19?,36+/m1/s1. The van der Waals surface area contributed by atoms with E-state index < -0.39 is 89.0 Å². The molecule has 0 bridgehead atoms. The van der Waals surface area contributed by atoms with Crippen molar-refractivity contribution in [2.75, 3.05) is 48.8 Å². The fraction of sp³-hybridized carbons (Fsp3) is 0.541. The Morgan fingerprint density at radius 3 is 2.59 bits per heavy atom. The molecule has 1 aliphatic carbocycles. The topological polar surface area (TPSA) is 115 Å². The van der Waals surface area contributed by atoms with Crippen molar-refractivity contribution in [1.29, 1.82) is 0 Å². The highest BCUT2D eigenvalue weighted by atomic mass is 35.5. The number of aromatic nitrogens is 2. The number of hydrogen-bond acceptors (Lipinski definition) is 10. The maximum atomic E-state index is 17.4. The fourth-order valence-electron chi connectivity index (χ4n) is 8.50. The van der Waals surface area contributed by atoms with Crippen molar-refractivity contribution in [2.45, 2.75) is 89.1 Å². The molecule has 8 rings (SSSR count). The molecule has 1 saturated carbocycles. The van der Waals surface area contributed by atoms with Crippen molar-refractivity contribution in [1.82, 2.24) is 14.9 Å². The van der Waals surface area contributed by atoms with E-state index in [1.54, 1.807) is 20.8 Å². The van der Waals surface area contributed by atoms with Crippen LogP contribution in [-0.2, 0) is 4.74 Å². The van der Waals surface area contributed by atoms with E-state index in [2.05, 4.69) is 15.3 Å². The number of fused-ring (bicyclic) bond motifs is 2. The zero-order chi connectivity index (χ0) is 40.1. The number of carbonyl (C=O) groups excluding carboxylic acids is 1. The Labute approximate surface area is 325 Å². The third-order valence-corrected chi connectivity index (χ3v) is 12.7. The number of benzene rings is 2. The van der Waals surface area contributed by atoms with E-state index in [0.717, 1.165) is 28.7 Å². The average Bonchev–Trinajstić information content (AvgIpc) is 3.66. The van der Waals surface area contributed by atoms with Crippen LogP contribution in [0.2, 0.25) is 5.02 Å². The van der Waals surface area contributed by atoms with Gasteiger partial charge in [0, 0.05) is 23.9 Å². The molecule has 2 aromatic heterocycles. The van der Waals surface area contributed by atoms with Crippen molar-refractivity contribution in [2.24, 2.45) is 5.41 Å². The quantitative estimate of drug-likeness (QED) is 0.159. The molecule has 4 aliphatic rings. The smallest absolute Gasteiger partial charge is 0.412 e. The van der Waals surface area contributed by atoms with Crippen LogP contribution in [0.15, 0.2) is 12.1 Å². The van der Waals surface area contributed by atoms with Crippen molar-refractivity contribution >= 4 is 66.5 Å². The van der Waals surface area contributed by atoms with E-state index in [1.165, 1.54) is 6.07 Å². The zero-order valence-electron chi connectivity index (χ0n) is 30.5. The van der Waals surface area contributed by atoms with Gasteiger partial charge in [-0.15, -0.1) is 11.3 Å². The van der Waals surface area contributed by atoms with Crippen LogP contribution in [0.4, 0.5) is 52.0 Å². The molecular weight excluding hydrogens is 793 g/mol. The summed E-state index contributed by atoms with van der Waals surface area (Å²) in [6, 6.07) is 0.463. The summed E-state index contributed by atoms with van der Waals surface area (Å²) >= 11 is 7.76. The molecular formula is C37H38ClF7N6O4S. The molecule has 4 aromatic rings. The molecule has 2 saturated heterocycles. The molecule has 3 fully saturated rings. The lowest BCUT2D eigenvalue weighted by Gasteiger charge is -2.36. The molecule has 56 heavy (non-hydrogen) atoms. The molecule has 1 unspecified atom stereocenters. The number of hydrogen-bond donors (Lipinski definition) is 2. The van der Waals surface area contributed by atoms with Crippen LogP contribution < -0.4 is 25.4 Å². The molecule has 302 valence electrons. The maximum Gasteiger partial charge on any atom is 0.412 e. The molecule has 10 nitrogen and oxygen atoms in total. The van der Waals surface area contributed by atoms with Gasteiger partial charge in [0.15, 0.2) is 11.6 Å². The first-order chi connectivity index (χ1) is 26.4. The lowest BCUT2D eigenvalue weighted by Crippen LogP contribution is -2.50. The molecule has 19 heteroatoms. The predicted octanol–water partition coefficient (Wildman–Crippen LogP) is 9.21. The second-order valence-electron chi connectivity index (χ2n) is 15.9. The highest BCUT2D eigenvalue weighted by Crippen LogP contribution is 2.58. The second-order valence-corrected chi connectivity index (χ2v) is 17.3. The van der Waals surface area contributed by atoms with Crippen LogP contribution >= 0.6 is 22.9 Å². The highest BCUT2D eigenvalue weighted by Gasteiger charge is 2.60. The average molecular weight is 831 g/mol. The Morgan fingerprint density at radius 1 is 1.16 bits per heavy atom. The third-order valence-electron chi connectivity index (χ3n) is 11.2. The minimum absolute atomic E-state index is 0.00239. The number of thiophene rings is 1. The number of nitrogens with two attached hydrogens (primary N) is 1. The van der Waals surface area contributed by atoms with Crippen LogP contribution in [0.5, 0.6) is 11.8 Å². The number of nitrogens with one attached hydrogen (secondary N) is 1. The number of ether oxygens (including phenoxy) is 3.